The van der Waals surface area contributed by atoms with Gasteiger partial charge in [-0.15, -0.1) is 0 Å². The summed E-state index contributed by atoms with van der Waals surface area (Å²) in [6, 6.07) is 12.2. The zero-order valence-corrected chi connectivity index (χ0v) is 12.0. The summed E-state index contributed by atoms with van der Waals surface area (Å²) in [7, 11) is 1.52. The molecule has 2 rings (SSSR count). The molecule has 2 aromatic rings. The number of hydrogen-bond acceptors (Lipinski definition) is 2. The van der Waals surface area contributed by atoms with Crippen LogP contribution in [0.4, 0.5) is 20.6 Å². The predicted molar refractivity (Wildman–Crippen MR) is 83.3 cm³/mol. The van der Waals surface area contributed by atoms with Crippen LogP contribution in [-0.4, -0.2) is 19.0 Å². The van der Waals surface area contributed by atoms with Gasteiger partial charge < -0.3 is 16.0 Å². The molecule has 0 saturated heterocycles. The van der Waals surface area contributed by atoms with E-state index in [1.54, 1.807) is 36.4 Å². The van der Waals surface area contributed by atoms with Gasteiger partial charge in [-0.3, -0.25) is 4.79 Å². The molecule has 114 valence electrons. The number of urea groups is 1. The Morgan fingerprint density at radius 3 is 2.27 bits per heavy atom. The van der Waals surface area contributed by atoms with Gasteiger partial charge in [0, 0.05) is 18.4 Å². The van der Waals surface area contributed by atoms with E-state index in [9.17, 15) is 14.0 Å². The van der Waals surface area contributed by atoms with Gasteiger partial charge in [-0.25, -0.2) is 9.18 Å². The van der Waals surface area contributed by atoms with Gasteiger partial charge in [0.1, 0.15) is 5.82 Å². The van der Waals surface area contributed by atoms with Crippen LogP contribution in [0.3, 0.4) is 0 Å². The molecule has 0 atom stereocenters. The molecular formula is C16H16FN3O2. The van der Waals surface area contributed by atoms with E-state index in [1.807, 2.05) is 0 Å². The predicted octanol–water partition coefficient (Wildman–Crippen LogP) is 2.76. The average molecular weight is 301 g/mol. The van der Waals surface area contributed by atoms with E-state index in [1.165, 1.54) is 19.2 Å². The molecule has 5 nitrogen and oxygen atoms in total. The van der Waals surface area contributed by atoms with Gasteiger partial charge in [-0.05, 0) is 35.9 Å². The lowest BCUT2D eigenvalue weighted by Gasteiger charge is -2.08. The van der Waals surface area contributed by atoms with Crippen molar-refractivity contribution in [2.75, 3.05) is 17.7 Å². The third kappa shape index (κ3) is 4.59. The number of carbonyl (C=O) groups excluding carboxylic acids is 2. The molecule has 6 heteroatoms. The molecule has 0 radical (unpaired) electrons. The Kier molecular flexibility index (Phi) is 5.08. The van der Waals surface area contributed by atoms with Gasteiger partial charge in [-0.1, -0.05) is 18.2 Å². The maximum absolute atomic E-state index is 12.8. The number of anilines is 2. The van der Waals surface area contributed by atoms with E-state index in [0.29, 0.717) is 11.4 Å². The van der Waals surface area contributed by atoms with E-state index in [0.717, 1.165) is 5.56 Å². The molecule has 0 aliphatic heterocycles. The molecule has 0 bridgehead atoms. The Morgan fingerprint density at radius 2 is 1.64 bits per heavy atom. The fourth-order valence-corrected chi connectivity index (χ4v) is 1.86. The van der Waals surface area contributed by atoms with Crippen molar-refractivity contribution < 1.29 is 14.0 Å². The number of benzene rings is 2. The standard InChI is InChI=1S/C16H16FN3O2/c1-18-16(22)20-14-4-2-3-13(10-14)19-15(21)9-11-5-7-12(17)8-6-11/h2-8,10H,9H2,1H3,(H,19,21)(H2,18,20,22). The summed E-state index contributed by atoms with van der Waals surface area (Å²) in [5.41, 5.74) is 1.86. The van der Waals surface area contributed by atoms with E-state index in [4.69, 9.17) is 0 Å². The van der Waals surface area contributed by atoms with Crippen LogP contribution >= 0.6 is 0 Å². The van der Waals surface area contributed by atoms with Crippen molar-refractivity contribution in [3.8, 4) is 0 Å². The summed E-state index contributed by atoms with van der Waals surface area (Å²) >= 11 is 0. The second kappa shape index (κ2) is 7.21. The Morgan fingerprint density at radius 1 is 1.00 bits per heavy atom. The molecule has 2 aromatic carbocycles. The van der Waals surface area contributed by atoms with Crippen molar-refractivity contribution >= 4 is 23.3 Å². The molecule has 3 amide bonds. The Balaban J connectivity index is 1.97. The highest BCUT2D eigenvalue weighted by Gasteiger charge is 2.06. The lowest BCUT2D eigenvalue weighted by atomic mass is 10.1. The van der Waals surface area contributed by atoms with Crippen molar-refractivity contribution in [1.82, 2.24) is 5.32 Å². The van der Waals surface area contributed by atoms with E-state index in [-0.39, 0.29) is 24.2 Å². The molecule has 3 N–H and O–H groups in total. The lowest BCUT2D eigenvalue weighted by Crippen LogP contribution is -2.24. The van der Waals surface area contributed by atoms with Gasteiger partial charge >= 0.3 is 6.03 Å². The smallest absolute Gasteiger partial charge is 0.318 e. The number of carbonyl (C=O) groups is 2. The van der Waals surface area contributed by atoms with Crippen molar-refractivity contribution in [2.45, 2.75) is 6.42 Å². The minimum absolute atomic E-state index is 0.146. The highest BCUT2D eigenvalue weighted by molar-refractivity contribution is 5.94. The first-order chi connectivity index (χ1) is 10.6. The minimum Gasteiger partial charge on any atom is -0.341 e. The fourth-order valence-electron chi connectivity index (χ4n) is 1.86. The largest absolute Gasteiger partial charge is 0.341 e. The molecule has 0 aliphatic carbocycles. The monoisotopic (exact) mass is 301 g/mol. The normalized spacial score (nSPS) is 9.91. The number of halogens is 1. The molecule has 22 heavy (non-hydrogen) atoms. The third-order valence-electron chi connectivity index (χ3n) is 2.91. The number of hydrogen-bond donors (Lipinski definition) is 3. The van der Waals surface area contributed by atoms with Gasteiger partial charge in [-0.2, -0.15) is 0 Å². The summed E-state index contributed by atoms with van der Waals surface area (Å²) in [5, 5.41) is 7.79. The zero-order chi connectivity index (χ0) is 15.9. The fraction of sp³-hybridized carbons (Fsp3) is 0.125. The van der Waals surface area contributed by atoms with Crippen LogP contribution in [-0.2, 0) is 11.2 Å². The summed E-state index contributed by atoms with van der Waals surface area (Å²) in [6.07, 6.45) is 0.146. The first-order valence-electron chi connectivity index (χ1n) is 6.70. The first kappa shape index (κ1) is 15.5. The van der Waals surface area contributed by atoms with Crippen molar-refractivity contribution in [3.63, 3.8) is 0 Å². The van der Waals surface area contributed by atoms with Crippen LogP contribution in [0, 0.1) is 5.82 Å². The van der Waals surface area contributed by atoms with Crippen LogP contribution < -0.4 is 16.0 Å². The van der Waals surface area contributed by atoms with Crippen molar-refractivity contribution in [3.05, 3.63) is 59.9 Å². The van der Waals surface area contributed by atoms with Gasteiger partial charge in [0.15, 0.2) is 0 Å². The third-order valence-corrected chi connectivity index (χ3v) is 2.91. The van der Waals surface area contributed by atoms with E-state index < -0.39 is 0 Å². The zero-order valence-electron chi connectivity index (χ0n) is 12.0. The summed E-state index contributed by atoms with van der Waals surface area (Å²) in [4.78, 5) is 23.2. The number of amides is 3. The van der Waals surface area contributed by atoms with Crippen LogP contribution in [0.2, 0.25) is 0 Å². The lowest BCUT2D eigenvalue weighted by molar-refractivity contribution is -0.115. The maximum Gasteiger partial charge on any atom is 0.318 e. The van der Waals surface area contributed by atoms with Gasteiger partial charge in [0.05, 0.1) is 6.42 Å². The molecule has 0 saturated carbocycles. The SMILES string of the molecule is CNC(=O)Nc1cccc(NC(=O)Cc2ccc(F)cc2)c1. The van der Waals surface area contributed by atoms with E-state index >= 15 is 0 Å². The molecule has 0 aliphatic rings. The van der Waals surface area contributed by atoms with Crippen LogP contribution in [0.1, 0.15) is 5.56 Å². The molecule has 0 heterocycles. The highest BCUT2D eigenvalue weighted by Crippen LogP contribution is 2.15. The Bertz CT molecular complexity index is 671. The van der Waals surface area contributed by atoms with Crippen LogP contribution in [0.25, 0.3) is 0 Å². The molecular weight excluding hydrogens is 285 g/mol. The molecule has 0 unspecified atom stereocenters. The van der Waals surface area contributed by atoms with Gasteiger partial charge in [0.25, 0.3) is 0 Å². The van der Waals surface area contributed by atoms with Crippen LogP contribution in [0.5, 0.6) is 0 Å². The average Bonchev–Trinajstić information content (AvgIpc) is 2.49. The Labute approximate surface area is 127 Å². The number of rotatable bonds is 4. The van der Waals surface area contributed by atoms with Crippen LogP contribution in [0.15, 0.2) is 48.5 Å². The van der Waals surface area contributed by atoms with Crippen molar-refractivity contribution in [1.29, 1.82) is 0 Å². The molecule has 0 spiro atoms. The van der Waals surface area contributed by atoms with E-state index in [2.05, 4.69) is 16.0 Å². The highest BCUT2D eigenvalue weighted by atomic mass is 19.1. The van der Waals surface area contributed by atoms with Gasteiger partial charge in [0.2, 0.25) is 5.91 Å². The summed E-state index contributed by atoms with van der Waals surface area (Å²) in [6.45, 7) is 0. The Hall–Kier alpha value is -2.89. The molecule has 0 fully saturated rings. The molecule has 0 aromatic heterocycles. The quantitative estimate of drug-likeness (QED) is 0.812. The second-order valence-electron chi connectivity index (χ2n) is 4.64. The first-order valence-corrected chi connectivity index (χ1v) is 6.70. The second-order valence-corrected chi connectivity index (χ2v) is 4.64. The number of nitrogens with one attached hydrogen (secondary N) is 3. The topological polar surface area (TPSA) is 70.2 Å². The summed E-state index contributed by atoms with van der Waals surface area (Å²) in [5.74, 6) is -0.555. The summed E-state index contributed by atoms with van der Waals surface area (Å²) < 4.78 is 12.8. The maximum atomic E-state index is 12.8. The minimum atomic E-state index is -0.338. The van der Waals surface area contributed by atoms with Crippen molar-refractivity contribution in [2.24, 2.45) is 0 Å².